The molecule has 2 atom stereocenters. The third kappa shape index (κ3) is 0.865. The van der Waals surface area contributed by atoms with E-state index in [0.29, 0.717) is 0 Å². The van der Waals surface area contributed by atoms with Crippen LogP contribution in [0.5, 0.6) is 0 Å². The van der Waals surface area contributed by atoms with Gasteiger partial charge in [-0.15, -0.1) is 0 Å². The predicted molar refractivity (Wildman–Crippen MR) is 63.8 cm³/mol. The molecule has 0 aromatic rings. The van der Waals surface area contributed by atoms with E-state index in [4.69, 9.17) is 0 Å². The van der Waals surface area contributed by atoms with Crippen molar-refractivity contribution < 1.29 is 0 Å². The van der Waals surface area contributed by atoms with E-state index in [1.54, 1.807) is 0 Å². The summed E-state index contributed by atoms with van der Waals surface area (Å²) >= 11 is 0. The second-order valence-electron chi connectivity index (χ2n) is 5.06. The molecule has 0 saturated heterocycles. The van der Waals surface area contributed by atoms with E-state index in [1.807, 2.05) is 0 Å². The minimum Gasteiger partial charge on any atom is -0.264 e. The zero-order chi connectivity index (χ0) is 10.7. The van der Waals surface area contributed by atoms with Crippen LogP contribution in [-0.4, -0.2) is 6.21 Å². The van der Waals surface area contributed by atoms with Gasteiger partial charge in [-0.25, -0.2) is 0 Å². The lowest BCUT2D eigenvalue weighted by Gasteiger charge is -2.34. The SMILES string of the molecule is CC1=CC=C2C=CC3(C)C=NC(=C1)C23C. The highest BCUT2D eigenvalue weighted by Crippen LogP contribution is 2.59. The van der Waals surface area contributed by atoms with Crippen molar-refractivity contribution in [2.75, 3.05) is 0 Å². The summed E-state index contributed by atoms with van der Waals surface area (Å²) in [6, 6.07) is 0. The van der Waals surface area contributed by atoms with E-state index in [-0.39, 0.29) is 10.8 Å². The lowest BCUT2D eigenvalue weighted by molar-refractivity contribution is 0.351. The Hall–Kier alpha value is -1.37. The Morgan fingerprint density at radius 1 is 1.20 bits per heavy atom. The minimum atomic E-state index is 0.0568. The predicted octanol–water partition coefficient (Wildman–Crippen LogP) is 3.42. The summed E-state index contributed by atoms with van der Waals surface area (Å²) in [5, 5.41) is 0. The fourth-order valence-electron chi connectivity index (χ4n) is 2.72. The molecule has 76 valence electrons. The fourth-order valence-corrected chi connectivity index (χ4v) is 2.72. The average molecular weight is 197 g/mol. The maximum absolute atomic E-state index is 4.60. The van der Waals surface area contributed by atoms with Gasteiger partial charge in [0.2, 0.25) is 0 Å². The Bertz CT molecular complexity index is 487. The molecule has 1 heterocycles. The molecule has 1 nitrogen and oxygen atoms in total. The molecule has 0 N–H and O–H groups in total. The van der Waals surface area contributed by atoms with Crippen LogP contribution in [0.4, 0.5) is 0 Å². The van der Waals surface area contributed by atoms with Crippen LogP contribution in [-0.2, 0) is 0 Å². The number of allylic oxidation sites excluding steroid dienone is 7. The molecule has 0 spiro atoms. The fraction of sp³-hybridized carbons (Fsp3) is 0.357. The summed E-state index contributed by atoms with van der Waals surface area (Å²) in [4.78, 5) is 4.60. The summed E-state index contributed by atoms with van der Waals surface area (Å²) in [6.45, 7) is 6.68. The van der Waals surface area contributed by atoms with Gasteiger partial charge in [-0.1, -0.05) is 24.3 Å². The van der Waals surface area contributed by atoms with Gasteiger partial charge in [0.1, 0.15) is 0 Å². The molecule has 3 aliphatic rings. The van der Waals surface area contributed by atoms with E-state index < -0.39 is 0 Å². The Labute approximate surface area is 90.6 Å². The van der Waals surface area contributed by atoms with E-state index >= 15 is 0 Å². The standard InChI is InChI=1S/C14H15N/c1-10-4-5-11-6-7-13(2)9-15-12(8-10)14(11,13)3/h4-9H,1-3H3. The van der Waals surface area contributed by atoms with Crippen LogP contribution in [0, 0.1) is 10.8 Å². The van der Waals surface area contributed by atoms with Crippen molar-refractivity contribution in [3.8, 4) is 0 Å². The zero-order valence-corrected chi connectivity index (χ0v) is 9.41. The van der Waals surface area contributed by atoms with E-state index in [9.17, 15) is 0 Å². The van der Waals surface area contributed by atoms with Crippen molar-refractivity contribution in [1.29, 1.82) is 0 Å². The molecule has 15 heavy (non-hydrogen) atoms. The summed E-state index contributed by atoms with van der Waals surface area (Å²) < 4.78 is 0. The van der Waals surface area contributed by atoms with Crippen LogP contribution in [0.2, 0.25) is 0 Å². The Morgan fingerprint density at radius 2 is 2.00 bits per heavy atom. The molecule has 3 rings (SSSR count). The second-order valence-corrected chi connectivity index (χ2v) is 5.06. The zero-order valence-electron chi connectivity index (χ0n) is 9.41. The van der Waals surface area contributed by atoms with Crippen molar-refractivity contribution in [2.24, 2.45) is 15.8 Å². The van der Waals surface area contributed by atoms with E-state index in [0.717, 1.165) is 0 Å². The Morgan fingerprint density at radius 3 is 2.80 bits per heavy atom. The molecular formula is C14H15N. The lowest BCUT2D eigenvalue weighted by atomic mass is 9.66. The van der Waals surface area contributed by atoms with Crippen LogP contribution in [0.1, 0.15) is 20.8 Å². The third-order valence-corrected chi connectivity index (χ3v) is 4.14. The Kier molecular flexibility index (Phi) is 1.43. The highest BCUT2D eigenvalue weighted by molar-refractivity contribution is 5.81. The van der Waals surface area contributed by atoms with Gasteiger partial charge in [0, 0.05) is 17.0 Å². The third-order valence-electron chi connectivity index (χ3n) is 4.14. The summed E-state index contributed by atoms with van der Waals surface area (Å²) in [7, 11) is 0. The van der Waals surface area contributed by atoms with Gasteiger partial charge in [0.25, 0.3) is 0 Å². The monoisotopic (exact) mass is 197 g/mol. The number of hydrogen-bond acceptors (Lipinski definition) is 1. The highest BCUT2D eigenvalue weighted by atomic mass is 14.9. The van der Waals surface area contributed by atoms with Gasteiger partial charge < -0.3 is 0 Å². The first-order chi connectivity index (χ1) is 7.06. The van der Waals surface area contributed by atoms with Crippen molar-refractivity contribution in [1.82, 2.24) is 0 Å². The van der Waals surface area contributed by atoms with Crippen LogP contribution in [0.3, 0.4) is 0 Å². The molecule has 0 radical (unpaired) electrons. The highest BCUT2D eigenvalue weighted by Gasteiger charge is 2.53. The van der Waals surface area contributed by atoms with Crippen LogP contribution in [0.25, 0.3) is 0 Å². The number of hydrogen-bond donors (Lipinski definition) is 0. The molecule has 2 aliphatic carbocycles. The normalized spacial score (nSPS) is 40.9. The summed E-state index contributed by atoms with van der Waals surface area (Å²) in [5.41, 5.74) is 3.99. The van der Waals surface area contributed by atoms with Crippen LogP contribution < -0.4 is 0 Å². The van der Waals surface area contributed by atoms with Gasteiger partial charge >= 0.3 is 0 Å². The summed E-state index contributed by atoms with van der Waals surface area (Å²) in [6.07, 6.45) is 13.2. The molecule has 0 amide bonds. The number of rotatable bonds is 0. The Balaban J connectivity index is 2.32. The van der Waals surface area contributed by atoms with Gasteiger partial charge in [-0.3, -0.25) is 4.99 Å². The quantitative estimate of drug-likeness (QED) is 0.564. The molecule has 0 fully saturated rings. The summed E-state index contributed by atoms with van der Waals surface area (Å²) in [5.74, 6) is 0. The molecule has 1 aliphatic heterocycles. The molecule has 2 unspecified atom stereocenters. The van der Waals surface area contributed by atoms with Gasteiger partial charge in [0.05, 0.1) is 5.70 Å². The van der Waals surface area contributed by atoms with Crippen molar-refractivity contribution in [2.45, 2.75) is 20.8 Å². The van der Waals surface area contributed by atoms with Crippen molar-refractivity contribution >= 4 is 6.21 Å². The van der Waals surface area contributed by atoms with Gasteiger partial charge in [-0.2, -0.15) is 0 Å². The molecule has 0 aromatic carbocycles. The van der Waals surface area contributed by atoms with Crippen LogP contribution in [0.15, 0.2) is 52.2 Å². The van der Waals surface area contributed by atoms with Crippen molar-refractivity contribution in [3.63, 3.8) is 0 Å². The average Bonchev–Trinajstić information content (AvgIpc) is 2.52. The molecule has 0 saturated carbocycles. The van der Waals surface area contributed by atoms with E-state index in [2.05, 4.69) is 62.4 Å². The maximum atomic E-state index is 4.60. The first-order valence-electron chi connectivity index (χ1n) is 5.42. The molecule has 1 heteroatoms. The lowest BCUT2D eigenvalue weighted by Crippen LogP contribution is -2.31. The molecular weight excluding hydrogens is 182 g/mol. The van der Waals surface area contributed by atoms with Gasteiger partial charge in [0.15, 0.2) is 0 Å². The maximum Gasteiger partial charge on any atom is 0.0517 e. The number of aliphatic imine (C=N–C) groups is 1. The largest absolute Gasteiger partial charge is 0.264 e. The van der Waals surface area contributed by atoms with Gasteiger partial charge in [-0.05, 0) is 38.0 Å². The first kappa shape index (κ1) is 8.90. The first-order valence-corrected chi connectivity index (χ1v) is 5.42. The smallest absolute Gasteiger partial charge is 0.0517 e. The molecule has 0 bridgehead atoms. The van der Waals surface area contributed by atoms with Crippen molar-refractivity contribution in [3.05, 3.63) is 47.2 Å². The minimum absolute atomic E-state index is 0.0568. The number of nitrogens with zero attached hydrogens (tertiary/aromatic N) is 1. The molecule has 0 aromatic heterocycles. The van der Waals surface area contributed by atoms with E-state index in [1.165, 1.54) is 16.8 Å². The van der Waals surface area contributed by atoms with Crippen LogP contribution >= 0.6 is 0 Å². The topological polar surface area (TPSA) is 12.4 Å². The second kappa shape index (κ2) is 2.41.